The number of pyridine rings is 2. The summed E-state index contributed by atoms with van der Waals surface area (Å²) in [6, 6.07) is 7.98. The first-order valence-corrected chi connectivity index (χ1v) is 9.49. The normalized spacial score (nSPS) is 11.7. The summed E-state index contributed by atoms with van der Waals surface area (Å²) in [4.78, 5) is 17.1. The second-order valence-corrected chi connectivity index (χ2v) is 7.27. The number of hydrogen-bond acceptors (Lipinski definition) is 5. The zero-order valence-corrected chi connectivity index (χ0v) is 16.3. The van der Waals surface area contributed by atoms with Gasteiger partial charge in [-0.2, -0.15) is 10.2 Å². The SMILES string of the molecule is Cc1cn(-c2ccnc3[nH]c(-c4n[nH]c5ccc(-c6cnn(C)c6)nc45)cc23)cn1. The molecule has 9 heteroatoms. The Labute approximate surface area is 170 Å². The Kier molecular flexibility index (Phi) is 3.40. The first-order chi connectivity index (χ1) is 14.7. The lowest BCUT2D eigenvalue weighted by Gasteiger charge is -2.02. The molecule has 146 valence electrons. The van der Waals surface area contributed by atoms with E-state index >= 15 is 0 Å². The maximum Gasteiger partial charge on any atom is 0.139 e. The number of aryl methyl sites for hydroxylation is 2. The Morgan fingerprint density at radius 1 is 1.07 bits per heavy atom. The van der Waals surface area contributed by atoms with E-state index < -0.39 is 0 Å². The molecule has 6 aromatic rings. The van der Waals surface area contributed by atoms with E-state index in [1.54, 1.807) is 17.1 Å². The quantitative estimate of drug-likeness (QED) is 0.478. The standard InChI is InChI=1S/C21H17N9/c1-12-9-30(11-23-12)18-5-6-22-21-14(18)7-17(26-21)20-19-16(27-28-20)4-3-15(25-19)13-8-24-29(2)10-13/h3-11H,1-2H3,(H,22,26)(H,27,28). The number of imidazole rings is 1. The molecule has 0 atom stereocenters. The van der Waals surface area contributed by atoms with Gasteiger partial charge < -0.3 is 9.55 Å². The summed E-state index contributed by atoms with van der Waals surface area (Å²) in [5.74, 6) is 0. The second kappa shape index (κ2) is 6.11. The average Bonchev–Trinajstić information content (AvgIpc) is 3.52. The van der Waals surface area contributed by atoms with Crippen molar-refractivity contribution in [2.24, 2.45) is 7.05 Å². The molecule has 9 nitrogen and oxygen atoms in total. The van der Waals surface area contributed by atoms with Gasteiger partial charge in [0.15, 0.2) is 0 Å². The van der Waals surface area contributed by atoms with Crippen LogP contribution in [0.1, 0.15) is 5.69 Å². The van der Waals surface area contributed by atoms with Gasteiger partial charge in [-0.1, -0.05) is 0 Å². The van der Waals surface area contributed by atoms with Crippen LogP contribution < -0.4 is 0 Å². The van der Waals surface area contributed by atoms with Crippen LogP contribution in [0.25, 0.3) is 50.4 Å². The van der Waals surface area contributed by atoms with Crippen molar-refractivity contribution in [3.8, 4) is 28.3 Å². The molecular formula is C21H17N9. The summed E-state index contributed by atoms with van der Waals surface area (Å²) in [5, 5.41) is 12.8. The van der Waals surface area contributed by atoms with E-state index in [1.807, 2.05) is 55.5 Å². The summed E-state index contributed by atoms with van der Waals surface area (Å²) in [5.41, 5.74) is 7.83. The molecule has 0 saturated carbocycles. The third-order valence-electron chi connectivity index (χ3n) is 5.16. The summed E-state index contributed by atoms with van der Waals surface area (Å²) in [7, 11) is 1.89. The van der Waals surface area contributed by atoms with E-state index in [0.717, 1.165) is 56.1 Å². The first kappa shape index (κ1) is 16.7. The van der Waals surface area contributed by atoms with Crippen molar-refractivity contribution < 1.29 is 0 Å². The van der Waals surface area contributed by atoms with Crippen LogP contribution in [-0.4, -0.2) is 44.5 Å². The lowest BCUT2D eigenvalue weighted by atomic mass is 10.2. The molecule has 0 aliphatic rings. The van der Waals surface area contributed by atoms with Gasteiger partial charge in [0.25, 0.3) is 0 Å². The zero-order chi connectivity index (χ0) is 20.2. The molecular weight excluding hydrogens is 378 g/mol. The maximum atomic E-state index is 4.85. The van der Waals surface area contributed by atoms with E-state index in [9.17, 15) is 0 Å². The Morgan fingerprint density at radius 3 is 2.80 bits per heavy atom. The third-order valence-corrected chi connectivity index (χ3v) is 5.16. The van der Waals surface area contributed by atoms with Crippen LogP contribution in [0.5, 0.6) is 0 Å². The fourth-order valence-corrected chi connectivity index (χ4v) is 3.72. The third kappa shape index (κ3) is 2.52. The number of fused-ring (bicyclic) bond motifs is 2. The summed E-state index contributed by atoms with van der Waals surface area (Å²) < 4.78 is 3.76. The highest BCUT2D eigenvalue weighted by molar-refractivity contribution is 5.95. The predicted octanol–water partition coefficient (Wildman–Crippen LogP) is 3.40. The van der Waals surface area contributed by atoms with E-state index in [4.69, 9.17) is 4.98 Å². The number of H-pyrrole nitrogens is 2. The molecule has 30 heavy (non-hydrogen) atoms. The van der Waals surface area contributed by atoms with Gasteiger partial charge in [0.2, 0.25) is 0 Å². The number of aromatic nitrogens is 9. The van der Waals surface area contributed by atoms with Crippen molar-refractivity contribution in [3.63, 3.8) is 0 Å². The molecule has 0 saturated heterocycles. The van der Waals surface area contributed by atoms with Crippen LogP contribution in [0.15, 0.2) is 55.4 Å². The molecule has 6 heterocycles. The minimum atomic E-state index is 0.751. The number of aromatic amines is 2. The van der Waals surface area contributed by atoms with E-state index in [0.29, 0.717) is 0 Å². The van der Waals surface area contributed by atoms with Gasteiger partial charge in [-0.25, -0.2) is 15.0 Å². The lowest BCUT2D eigenvalue weighted by molar-refractivity contribution is 0.768. The molecule has 0 aliphatic heterocycles. The van der Waals surface area contributed by atoms with Crippen LogP contribution in [-0.2, 0) is 7.05 Å². The monoisotopic (exact) mass is 395 g/mol. The Hall–Kier alpha value is -4.27. The zero-order valence-electron chi connectivity index (χ0n) is 16.3. The molecule has 0 spiro atoms. The van der Waals surface area contributed by atoms with Crippen molar-refractivity contribution >= 4 is 22.1 Å². The number of nitrogens with zero attached hydrogens (tertiary/aromatic N) is 7. The van der Waals surface area contributed by atoms with Crippen molar-refractivity contribution in [2.75, 3.05) is 0 Å². The first-order valence-electron chi connectivity index (χ1n) is 9.49. The van der Waals surface area contributed by atoms with Gasteiger partial charge in [0, 0.05) is 36.6 Å². The molecule has 0 unspecified atom stereocenters. The van der Waals surface area contributed by atoms with Gasteiger partial charge >= 0.3 is 0 Å². The number of nitrogens with one attached hydrogen (secondary N) is 2. The highest BCUT2D eigenvalue weighted by Gasteiger charge is 2.16. The molecule has 0 aromatic carbocycles. The highest BCUT2D eigenvalue weighted by atomic mass is 15.2. The minimum Gasteiger partial charge on any atom is -0.338 e. The Bertz CT molecular complexity index is 1530. The van der Waals surface area contributed by atoms with Crippen LogP contribution in [0, 0.1) is 6.92 Å². The van der Waals surface area contributed by atoms with Crippen molar-refractivity contribution in [1.82, 2.24) is 44.5 Å². The van der Waals surface area contributed by atoms with Crippen LogP contribution in [0.4, 0.5) is 0 Å². The Balaban J connectivity index is 1.52. The Morgan fingerprint density at radius 2 is 2.00 bits per heavy atom. The average molecular weight is 395 g/mol. The van der Waals surface area contributed by atoms with Crippen LogP contribution in [0.3, 0.4) is 0 Å². The van der Waals surface area contributed by atoms with E-state index in [1.165, 1.54) is 0 Å². The van der Waals surface area contributed by atoms with Crippen LogP contribution >= 0.6 is 0 Å². The number of rotatable bonds is 3. The fourth-order valence-electron chi connectivity index (χ4n) is 3.72. The fraction of sp³-hybridized carbons (Fsp3) is 0.0952. The van der Waals surface area contributed by atoms with E-state index in [2.05, 4.69) is 36.3 Å². The van der Waals surface area contributed by atoms with Crippen molar-refractivity contribution in [1.29, 1.82) is 0 Å². The van der Waals surface area contributed by atoms with Gasteiger partial charge in [0.1, 0.15) is 16.9 Å². The highest BCUT2D eigenvalue weighted by Crippen LogP contribution is 2.31. The van der Waals surface area contributed by atoms with Gasteiger partial charge in [-0.15, -0.1) is 0 Å². The van der Waals surface area contributed by atoms with Gasteiger partial charge in [-0.3, -0.25) is 9.78 Å². The number of hydrogen-bond donors (Lipinski definition) is 2. The van der Waals surface area contributed by atoms with Gasteiger partial charge in [0.05, 0.1) is 40.8 Å². The van der Waals surface area contributed by atoms with Crippen molar-refractivity contribution in [2.45, 2.75) is 6.92 Å². The van der Waals surface area contributed by atoms with Crippen molar-refractivity contribution in [3.05, 3.63) is 61.1 Å². The molecule has 0 radical (unpaired) electrons. The largest absolute Gasteiger partial charge is 0.338 e. The molecule has 0 amide bonds. The van der Waals surface area contributed by atoms with Gasteiger partial charge in [-0.05, 0) is 31.2 Å². The molecule has 0 fully saturated rings. The topological polar surface area (TPSA) is 106 Å². The molecule has 0 aliphatic carbocycles. The minimum absolute atomic E-state index is 0.751. The molecule has 6 aromatic heterocycles. The second-order valence-electron chi connectivity index (χ2n) is 7.27. The lowest BCUT2D eigenvalue weighted by Crippen LogP contribution is -1.91. The molecule has 6 rings (SSSR count). The summed E-state index contributed by atoms with van der Waals surface area (Å²) >= 11 is 0. The predicted molar refractivity (Wildman–Crippen MR) is 113 cm³/mol. The molecule has 0 bridgehead atoms. The summed E-state index contributed by atoms with van der Waals surface area (Å²) in [6.07, 6.45) is 9.34. The van der Waals surface area contributed by atoms with Crippen LogP contribution in [0.2, 0.25) is 0 Å². The summed E-state index contributed by atoms with van der Waals surface area (Å²) in [6.45, 7) is 1.97. The maximum absolute atomic E-state index is 4.85. The molecule has 2 N–H and O–H groups in total. The smallest absolute Gasteiger partial charge is 0.139 e. The van der Waals surface area contributed by atoms with E-state index in [-0.39, 0.29) is 0 Å².